The molecule has 21 heavy (non-hydrogen) atoms. The molecular formula is C15H18BrClN2O2. The predicted molar refractivity (Wildman–Crippen MR) is 86.9 cm³/mol. The Morgan fingerprint density at radius 1 is 1.48 bits per heavy atom. The molecule has 2 aromatic rings. The molecule has 0 amide bonds. The molecule has 0 fully saturated rings. The molecule has 1 N–H and O–H groups in total. The third kappa shape index (κ3) is 3.99. The first-order valence-corrected chi connectivity index (χ1v) is 7.84. The lowest BCUT2D eigenvalue weighted by atomic mass is 10.1. The highest BCUT2D eigenvalue weighted by molar-refractivity contribution is 9.10. The third-order valence-electron chi connectivity index (χ3n) is 3.32. The van der Waals surface area contributed by atoms with Gasteiger partial charge in [-0.3, -0.25) is 4.68 Å². The largest absolute Gasteiger partial charge is 0.488 e. The van der Waals surface area contributed by atoms with Crippen LogP contribution in [-0.4, -0.2) is 27.1 Å². The molecule has 0 spiro atoms. The number of hydrogen-bond acceptors (Lipinski definition) is 3. The number of benzene rings is 1. The summed E-state index contributed by atoms with van der Waals surface area (Å²) in [5.41, 5.74) is 1.85. The first-order valence-electron chi connectivity index (χ1n) is 6.66. The summed E-state index contributed by atoms with van der Waals surface area (Å²) >= 11 is 9.42. The van der Waals surface area contributed by atoms with Crippen molar-refractivity contribution in [2.45, 2.75) is 32.5 Å². The summed E-state index contributed by atoms with van der Waals surface area (Å²) in [6.07, 6.45) is -0.541. The standard InChI is InChI=1S/C15H18BrClN2O2/c1-9-15(16)13(19(3)18-9)8-14(20)10(2)21-12-6-4-5-11(17)7-12/h4-7,10,14,20H,8H2,1-3H3. The Bertz CT molecular complexity index is 630. The molecular weight excluding hydrogens is 356 g/mol. The van der Waals surface area contributed by atoms with Gasteiger partial charge in [0.15, 0.2) is 0 Å². The first kappa shape index (κ1) is 16.3. The van der Waals surface area contributed by atoms with Gasteiger partial charge in [0.2, 0.25) is 0 Å². The van der Waals surface area contributed by atoms with Crippen molar-refractivity contribution in [1.82, 2.24) is 9.78 Å². The van der Waals surface area contributed by atoms with E-state index in [-0.39, 0.29) is 6.10 Å². The van der Waals surface area contributed by atoms with Gasteiger partial charge in [-0.25, -0.2) is 0 Å². The molecule has 0 aliphatic heterocycles. The summed E-state index contributed by atoms with van der Waals surface area (Å²) in [7, 11) is 1.86. The minimum absolute atomic E-state index is 0.356. The Labute approximate surface area is 137 Å². The Balaban J connectivity index is 2.04. The Morgan fingerprint density at radius 2 is 2.19 bits per heavy atom. The molecule has 2 unspecified atom stereocenters. The van der Waals surface area contributed by atoms with Crippen LogP contribution in [0.3, 0.4) is 0 Å². The third-order valence-corrected chi connectivity index (χ3v) is 4.59. The fourth-order valence-corrected chi connectivity index (χ4v) is 2.78. The van der Waals surface area contributed by atoms with Crippen molar-refractivity contribution < 1.29 is 9.84 Å². The van der Waals surface area contributed by atoms with E-state index in [0.29, 0.717) is 17.2 Å². The van der Waals surface area contributed by atoms with Gasteiger partial charge in [0.05, 0.1) is 22.0 Å². The normalized spacial score (nSPS) is 14.0. The zero-order chi connectivity index (χ0) is 15.6. The second-order valence-corrected chi connectivity index (χ2v) is 6.25. The number of nitrogens with zero attached hydrogens (tertiary/aromatic N) is 2. The maximum Gasteiger partial charge on any atom is 0.122 e. The Kier molecular flexibility index (Phi) is 5.30. The van der Waals surface area contributed by atoms with Crippen LogP contribution in [0.2, 0.25) is 5.02 Å². The minimum Gasteiger partial charge on any atom is -0.488 e. The predicted octanol–water partition coefficient (Wildman–Crippen LogP) is 3.52. The van der Waals surface area contributed by atoms with Crippen molar-refractivity contribution in [3.8, 4) is 5.75 Å². The molecule has 0 aliphatic carbocycles. The number of aliphatic hydroxyl groups excluding tert-OH is 1. The summed E-state index contributed by atoms with van der Waals surface area (Å²) < 4.78 is 8.44. The highest BCUT2D eigenvalue weighted by atomic mass is 79.9. The minimum atomic E-state index is -0.643. The molecule has 1 aromatic carbocycles. The fourth-order valence-electron chi connectivity index (χ4n) is 2.10. The second-order valence-electron chi connectivity index (χ2n) is 5.02. The fraction of sp³-hybridized carbons (Fsp3) is 0.400. The summed E-state index contributed by atoms with van der Waals surface area (Å²) in [6, 6.07) is 7.15. The maximum absolute atomic E-state index is 10.3. The molecule has 0 bridgehead atoms. The molecule has 6 heteroatoms. The topological polar surface area (TPSA) is 47.3 Å². The van der Waals surface area contributed by atoms with Crippen LogP contribution in [0.5, 0.6) is 5.75 Å². The lowest BCUT2D eigenvalue weighted by Crippen LogP contribution is -2.31. The van der Waals surface area contributed by atoms with Crippen LogP contribution in [-0.2, 0) is 13.5 Å². The van der Waals surface area contributed by atoms with E-state index in [0.717, 1.165) is 15.9 Å². The average Bonchev–Trinajstić information content (AvgIpc) is 2.65. The number of aliphatic hydroxyl groups is 1. The molecule has 0 aliphatic rings. The van der Waals surface area contributed by atoms with Crippen LogP contribution >= 0.6 is 27.5 Å². The van der Waals surface area contributed by atoms with Gasteiger partial charge >= 0.3 is 0 Å². The van der Waals surface area contributed by atoms with Crippen LogP contribution in [0.4, 0.5) is 0 Å². The van der Waals surface area contributed by atoms with Gasteiger partial charge in [0.25, 0.3) is 0 Å². The van der Waals surface area contributed by atoms with Crippen LogP contribution in [0.25, 0.3) is 0 Å². The van der Waals surface area contributed by atoms with Crippen molar-refractivity contribution in [3.05, 3.63) is 45.1 Å². The molecule has 0 saturated heterocycles. The van der Waals surface area contributed by atoms with Crippen molar-refractivity contribution in [3.63, 3.8) is 0 Å². The van der Waals surface area contributed by atoms with E-state index >= 15 is 0 Å². The van der Waals surface area contributed by atoms with Crippen molar-refractivity contribution in [2.24, 2.45) is 7.05 Å². The Hall–Kier alpha value is -1.04. The molecule has 2 rings (SSSR count). The monoisotopic (exact) mass is 372 g/mol. The van der Waals surface area contributed by atoms with Crippen molar-refractivity contribution in [1.29, 1.82) is 0 Å². The smallest absolute Gasteiger partial charge is 0.122 e. The second kappa shape index (κ2) is 6.81. The van der Waals surface area contributed by atoms with Crippen LogP contribution in [0, 0.1) is 6.92 Å². The molecule has 0 saturated carbocycles. The maximum atomic E-state index is 10.3. The summed E-state index contributed by atoms with van der Waals surface area (Å²) in [5, 5.41) is 15.3. The van der Waals surface area contributed by atoms with Gasteiger partial charge in [-0.1, -0.05) is 17.7 Å². The number of hydrogen-bond donors (Lipinski definition) is 1. The van der Waals surface area contributed by atoms with E-state index in [2.05, 4.69) is 21.0 Å². The van der Waals surface area contributed by atoms with Crippen molar-refractivity contribution >= 4 is 27.5 Å². The highest BCUT2D eigenvalue weighted by Crippen LogP contribution is 2.24. The lowest BCUT2D eigenvalue weighted by molar-refractivity contribution is 0.0465. The van der Waals surface area contributed by atoms with Crippen molar-refractivity contribution in [2.75, 3.05) is 0 Å². The van der Waals surface area contributed by atoms with Gasteiger partial charge in [0, 0.05) is 18.5 Å². The molecule has 1 aromatic heterocycles. The number of aryl methyl sites for hydroxylation is 2. The van der Waals surface area contributed by atoms with Gasteiger partial charge in [0.1, 0.15) is 11.9 Å². The number of ether oxygens (including phenoxy) is 1. The van der Waals surface area contributed by atoms with Gasteiger partial charge < -0.3 is 9.84 Å². The van der Waals surface area contributed by atoms with E-state index in [1.165, 1.54) is 0 Å². The molecule has 1 heterocycles. The van der Waals surface area contributed by atoms with Crippen LogP contribution in [0.15, 0.2) is 28.7 Å². The first-order chi connectivity index (χ1) is 9.88. The summed E-state index contributed by atoms with van der Waals surface area (Å²) in [5.74, 6) is 0.648. The SMILES string of the molecule is Cc1nn(C)c(CC(O)C(C)Oc2cccc(Cl)c2)c1Br. The average molecular weight is 374 g/mol. The zero-order valence-electron chi connectivity index (χ0n) is 12.2. The molecule has 4 nitrogen and oxygen atoms in total. The van der Waals surface area contributed by atoms with Gasteiger partial charge in [-0.2, -0.15) is 5.10 Å². The quantitative estimate of drug-likeness (QED) is 0.872. The van der Waals surface area contributed by atoms with E-state index in [1.807, 2.05) is 33.0 Å². The number of aromatic nitrogens is 2. The molecule has 2 atom stereocenters. The van der Waals surface area contributed by atoms with Crippen LogP contribution < -0.4 is 4.74 Å². The highest BCUT2D eigenvalue weighted by Gasteiger charge is 2.21. The zero-order valence-corrected chi connectivity index (χ0v) is 14.5. The summed E-state index contributed by atoms with van der Waals surface area (Å²) in [6.45, 7) is 3.76. The van der Waals surface area contributed by atoms with E-state index in [9.17, 15) is 5.11 Å². The summed E-state index contributed by atoms with van der Waals surface area (Å²) in [4.78, 5) is 0. The molecule has 0 radical (unpaired) electrons. The van der Waals surface area contributed by atoms with E-state index < -0.39 is 6.10 Å². The Morgan fingerprint density at radius 3 is 2.76 bits per heavy atom. The number of rotatable bonds is 5. The lowest BCUT2D eigenvalue weighted by Gasteiger charge is -2.21. The van der Waals surface area contributed by atoms with Gasteiger partial charge in [-0.05, 0) is 48.0 Å². The number of halogens is 2. The van der Waals surface area contributed by atoms with E-state index in [4.69, 9.17) is 16.3 Å². The van der Waals surface area contributed by atoms with Gasteiger partial charge in [-0.15, -0.1) is 0 Å². The van der Waals surface area contributed by atoms with E-state index in [1.54, 1.807) is 16.8 Å². The molecule has 114 valence electrons. The van der Waals surface area contributed by atoms with Crippen LogP contribution in [0.1, 0.15) is 18.3 Å².